The quantitative estimate of drug-likeness (QED) is 0.259. The second-order valence-electron chi connectivity index (χ2n) is 9.65. The smallest absolute Gasteiger partial charge is 0.251 e. The lowest BCUT2D eigenvalue weighted by Gasteiger charge is -2.20. The number of hydrogen-bond donors (Lipinski definition) is 2. The highest BCUT2D eigenvalue weighted by Crippen LogP contribution is 2.33. The summed E-state index contributed by atoms with van der Waals surface area (Å²) in [6, 6.07) is 22.4. The number of aromatic amines is 1. The Bertz CT molecular complexity index is 1800. The second-order valence-corrected chi connectivity index (χ2v) is 9.65. The molecule has 1 amide bonds. The van der Waals surface area contributed by atoms with Crippen molar-refractivity contribution in [1.82, 2.24) is 9.97 Å². The maximum Gasteiger partial charge on any atom is 0.251 e. The predicted molar refractivity (Wildman–Crippen MR) is 149 cm³/mol. The third-order valence-electron chi connectivity index (χ3n) is 6.84. The van der Waals surface area contributed by atoms with E-state index in [2.05, 4.69) is 9.97 Å². The number of nitrogens with one attached hydrogen (secondary N) is 1. The minimum Gasteiger partial charge on any atom is -0.366 e. The fourth-order valence-corrected chi connectivity index (χ4v) is 5.07. The number of pyridine rings is 2. The Morgan fingerprint density at radius 1 is 0.925 bits per heavy atom. The Kier molecular flexibility index (Phi) is 7.59. The van der Waals surface area contributed by atoms with Crippen LogP contribution < -0.4 is 11.3 Å². The number of halogens is 2. The molecule has 3 aromatic carbocycles. The van der Waals surface area contributed by atoms with Crippen LogP contribution in [-0.4, -0.2) is 21.7 Å². The summed E-state index contributed by atoms with van der Waals surface area (Å²) in [7, 11) is 0. The molecule has 0 aliphatic heterocycles. The van der Waals surface area contributed by atoms with Crippen LogP contribution in [0.2, 0.25) is 0 Å². The van der Waals surface area contributed by atoms with Crippen molar-refractivity contribution < 1.29 is 18.4 Å². The number of carbonyl (C=O) groups is 2. The molecule has 0 saturated carbocycles. The molecule has 0 bridgehead atoms. The highest BCUT2D eigenvalue weighted by atomic mass is 19.1. The molecule has 200 valence electrons. The van der Waals surface area contributed by atoms with Crippen molar-refractivity contribution in [2.45, 2.75) is 25.2 Å². The Hall–Kier alpha value is -4.98. The first-order chi connectivity index (χ1) is 19.3. The van der Waals surface area contributed by atoms with Crippen LogP contribution in [0.3, 0.4) is 0 Å². The molecule has 0 saturated heterocycles. The van der Waals surface area contributed by atoms with Crippen molar-refractivity contribution in [3.05, 3.63) is 135 Å². The Morgan fingerprint density at radius 2 is 1.75 bits per heavy atom. The highest BCUT2D eigenvalue weighted by molar-refractivity contribution is 5.94. The average Bonchev–Trinajstić information content (AvgIpc) is 2.93. The van der Waals surface area contributed by atoms with Crippen molar-refractivity contribution in [3.63, 3.8) is 0 Å². The van der Waals surface area contributed by atoms with Gasteiger partial charge >= 0.3 is 0 Å². The van der Waals surface area contributed by atoms with Gasteiger partial charge in [-0.05, 0) is 59.5 Å². The van der Waals surface area contributed by atoms with Crippen LogP contribution in [0.1, 0.15) is 39.5 Å². The van der Waals surface area contributed by atoms with Gasteiger partial charge in [-0.1, -0.05) is 42.5 Å². The lowest BCUT2D eigenvalue weighted by molar-refractivity contribution is -0.118. The fourth-order valence-electron chi connectivity index (χ4n) is 5.07. The third kappa shape index (κ3) is 5.86. The Labute approximate surface area is 228 Å². The van der Waals surface area contributed by atoms with Gasteiger partial charge in [-0.3, -0.25) is 19.4 Å². The van der Waals surface area contributed by atoms with Crippen LogP contribution in [0.25, 0.3) is 22.0 Å². The largest absolute Gasteiger partial charge is 0.366 e. The highest BCUT2D eigenvalue weighted by Gasteiger charge is 2.23. The first-order valence-corrected chi connectivity index (χ1v) is 12.7. The van der Waals surface area contributed by atoms with Crippen LogP contribution >= 0.6 is 0 Å². The topological polar surface area (TPSA) is 106 Å². The zero-order valence-corrected chi connectivity index (χ0v) is 21.4. The molecule has 0 spiro atoms. The maximum atomic E-state index is 14.2. The van der Waals surface area contributed by atoms with Crippen LogP contribution in [0.15, 0.2) is 95.9 Å². The van der Waals surface area contributed by atoms with E-state index in [-0.39, 0.29) is 29.7 Å². The number of amides is 1. The fraction of sp³-hybridized carbons (Fsp3) is 0.125. The van der Waals surface area contributed by atoms with E-state index in [0.717, 1.165) is 11.5 Å². The van der Waals surface area contributed by atoms with E-state index < -0.39 is 23.5 Å². The molecule has 0 radical (unpaired) electrons. The summed E-state index contributed by atoms with van der Waals surface area (Å²) in [5.41, 5.74) is 8.38. The molecule has 6 nitrogen and oxygen atoms in total. The van der Waals surface area contributed by atoms with Crippen molar-refractivity contribution in [3.8, 4) is 11.1 Å². The maximum absolute atomic E-state index is 14.2. The lowest BCUT2D eigenvalue weighted by atomic mass is 9.85. The van der Waals surface area contributed by atoms with Crippen molar-refractivity contribution in [2.24, 2.45) is 5.73 Å². The molecule has 0 fully saturated rings. The number of hydrogen-bond acceptors (Lipinski definition) is 4. The van der Waals surface area contributed by atoms with E-state index in [9.17, 15) is 23.2 Å². The number of rotatable bonds is 9. The molecule has 0 aliphatic carbocycles. The van der Waals surface area contributed by atoms with E-state index in [1.165, 1.54) is 30.3 Å². The standard InChI is InChI=1S/C32H25F2N3O3/c33-23-6-3-5-19(14-23)13-22(16-24(38)15-21-18-30(39)37-29-9-2-1-7-25(21)29)31-26(8-4-12-36-31)20-10-11-28(34)27(17-20)32(35)40/h1-12,14,17-18,22H,13,15-16H2,(H2,35,40)(H,37,39)/t22-/m1/s1. The van der Waals surface area contributed by atoms with Gasteiger partial charge in [0.15, 0.2) is 0 Å². The molecule has 2 heterocycles. The van der Waals surface area contributed by atoms with Crippen molar-refractivity contribution in [1.29, 1.82) is 0 Å². The molecule has 0 aliphatic rings. The number of carbonyl (C=O) groups excluding carboxylic acids is 2. The molecular weight excluding hydrogens is 512 g/mol. The predicted octanol–water partition coefficient (Wildman–Crippen LogP) is 5.50. The van der Waals surface area contributed by atoms with Crippen molar-refractivity contribution >= 4 is 22.6 Å². The van der Waals surface area contributed by atoms with Gasteiger partial charge in [-0.2, -0.15) is 0 Å². The molecule has 2 aromatic heterocycles. The molecule has 8 heteroatoms. The number of aromatic nitrogens is 2. The number of primary amides is 1. The summed E-state index contributed by atoms with van der Waals surface area (Å²) < 4.78 is 28.3. The summed E-state index contributed by atoms with van der Waals surface area (Å²) in [6.07, 6.45) is 1.96. The molecule has 40 heavy (non-hydrogen) atoms. The number of nitrogens with two attached hydrogens (primary N) is 1. The number of ketones is 1. The molecule has 3 N–H and O–H groups in total. The van der Waals surface area contributed by atoms with E-state index >= 15 is 0 Å². The van der Waals surface area contributed by atoms with E-state index in [4.69, 9.17) is 5.73 Å². The van der Waals surface area contributed by atoms with Gasteiger partial charge in [-0.15, -0.1) is 0 Å². The average molecular weight is 538 g/mol. The van der Waals surface area contributed by atoms with Gasteiger partial charge in [0, 0.05) is 47.5 Å². The second kappa shape index (κ2) is 11.4. The first kappa shape index (κ1) is 26.6. The lowest BCUT2D eigenvalue weighted by Crippen LogP contribution is -2.16. The molecule has 1 atom stereocenters. The van der Waals surface area contributed by atoms with Gasteiger partial charge in [0.1, 0.15) is 17.4 Å². The molecule has 5 aromatic rings. The number of Topliss-reactive ketones (excluding diaryl/α,β-unsaturated/α-hetero) is 1. The SMILES string of the molecule is NC(=O)c1cc(-c2cccnc2[C@@H](CC(=O)Cc2cc(=O)[nH]c3ccccc23)Cc2cccc(F)c2)ccc1F. The minimum absolute atomic E-state index is 0.0224. The van der Waals surface area contributed by atoms with E-state index in [1.54, 1.807) is 42.6 Å². The van der Waals surface area contributed by atoms with Gasteiger partial charge in [-0.25, -0.2) is 8.78 Å². The molecule has 0 unspecified atom stereocenters. The zero-order chi connectivity index (χ0) is 28.2. The van der Waals surface area contributed by atoms with E-state index in [1.807, 2.05) is 12.1 Å². The minimum atomic E-state index is -0.902. The Morgan fingerprint density at radius 3 is 2.55 bits per heavy atom. The van der Waals surface area contributed by atoms with Crippen LogP contribution in [-0.2, 0) is 17.6 Å². The zero-order valence-electron chi connectivity index (χ0n) is 21.4. The van der Waals surface area contributed by atoms with Gasteiger partial charge in [0.25, 0.3) is 5.91 Å². The van der Waals surface area contributed by atoms with Gasteiger partial charge < -0.3 is 10.7 Å². The summed E-state index contributed by atoms with van der Waals surface area (Å²) >= 11 is 0. The first-order valence-electron chi connectivity index (χ1n) is 12.7. The van der Waals surface area contributed by atoms with Crippen LogP contribution in [0.5, 0.6) is 0 Å². The summed E-state index contributed by atoms with van der Waals surface area (Å²) in [4.78, 5) is 44.9. The van der Waals surface area contributed by atoms with Gasteiger partial charge in [0.05, 0.1) is 11.3 Å². The normalized spacial score (nSPS) is 11.8. The van der Waals surface area contributed by atoms with Gasteiger partial charge in [0.2, 0.25) is 5.56 Å². The number of fused-ring (bicyclic) bond motifs is 1. The number of benzene rings is 3. The summed E-state index contributed by atoms with van der Waals surface area (Å²) in [5, 5.41) is 0.779. The monoisotopic (exact) mass is 537 g/mol. The number of H-pyrrole nitrogens is 1. The Balaban J connectivity index is 1.54. The molecular formula is C32H25F2N3O3. The van der Waals surface area contributed by atoms with Crippen LogP contribution in [0.4, 0.5) is 8.78 Å². The van der Waals surface area contributed by atoms with E-state index in [0.29, 0.717) is 39.9 Å². The third-order valence-corrected chi connectivity index (χ3v) is 6.84. The number of nitrogens with zero attached hydrogens (tertiary/aromatic N) is 1. The molecule has 5 rings (SSSR count). The van der Waals surface area contributed by atoms with Crippen LogP contribution in [0, 0.1) is 11.6 Å². The summed E-state index contributed by atoms with van der Waals surface area (Å²) in [5.74, 6) is -2.66. The number of para-hydroxylation sites is 1. The summed E-state index contributed by atoms with van der Waals surface area (Å²) in [6.45, 7) is 0. The van der Waals surface area contributed by atoms with Crippen molar-refractivity contribution in [2.75, 3.05) is 0 Å².